The van der Waals surface area contributed by atoms with E-state index in [-0.39, 0.29) is 11.1 Å². The number of hydrogen-bond acceptors (Lipinski definition) is 3. The predicted molar refractivity (Wildman–Crippen MR) is 55.7 cm³/mol. The van der Waals surface area contributed by atoms with Crippen molar-refractivity contribution in [2.45, 2.75) is 0 Å². The van der Waals surface area contributed by atoms with E-state index in [9.17, 15) is 9.59 Å². The van der Waals surface area contributed by atoms with Crippen molar-refractivity contribution in [3.8, 4) is 0 Å². The molecule has 0 amide bonds. The maximum atomic E-state index is 11.0. The van der Waals surface area contributed by atoms with E-state index in [2.05, 4.69) is 4.98 Å². The molecule has 16 heavy (non-hydrogen) atoms. The summed E-state index contributed by atoms with van der Waals surface area (Å²) in [7, 11) is 0. The highest BCUT2D eigenvalue weighted by Crippen LogP contribution is 2.20. The van der Waals surface area contributed by atoms with E-state index in [1.54, 1.807) is 18.2 Å². The van der Waals surface area contributed by atoms with Crippen molar-refractivity contribution >= 4 is 22.8 Å². The molecule has 0 spiro atoms. The second kappa shape index (κ2) is 3.62. The van der Waals surface area contributed by atoms with Gasteiger partial charge in [-0.05, 0) is 6.07 Å². The van der Waals surface area contributed by atoms with Gasteiger partial charge < -0.3 is 10.2 Å². The highest BCUT2D eigenvalue weighted by atomic mass is 16.4. The lowest BCUT2D eigenvalue weighted by Crippen LogP contribution is -2.09. The van der Waals surface area contributed by atoms with Crippen LogP contribution in [-0.4, -0.2) is 27.1 Å². The molecule has 0 aliphatic rings. The Hall–Kier alpha value is -2.43. The number of hydrogen-bond donors (Lipinski definition) is 2. The van der Waals surface area contributed by atoms with Gasteiger partial charge in [-0.15, -0.1) is 0 Å². The topological polar surface area (TPSA) is 87.5 Å². The fraction of sp³-hybridized carbons (Fsp3) is 0. The highest BCUT2D eigenvalue weighted by Gasteiger charge is 2.19. The van der Waals surface area contributed by atoms with E-state index in [0.29, 0.717) is 10.9 Å². The van der Waals surface area contributed by atoms with Gasteiger partial charge in [0.2, 0.25) is 0 Å². The van der Waals surface area contributed by atoms with Crippen molar-refractivity contribution in [3.63, 3.8) is 0 Å². The van der Waals surface area contributed by atoms with Crippen LogP contribution >= 0.6 is 0 Å². The Bertz CT molecular complexity index is 592. The molecule has 0 unspecified atom stereocenters. The molecule has 0 aliphatic carbocycles. The molecule has 0 bridgehead atoms. The van der Waals surface area contributed by atoms with Crippen molar-refractivity contribution < 1.29 is 19.8 Å². The summed E-state index contributed by atoms with van der Waals surface area (Å²) in [6.07, 6.45) is 1.06. The summed E-state index contributed by atoms with van der Waals surface area (Å²) in [5, 5.41) is 18.2. The normalized spacial score (nSPS) is 10.2. The van der Waals surface area contributed by atoms with Crippen LogP contribution in [0, 0.1) is 0 Å². The number of carboxylic acids is 2. The summed E-state index contributed by atoms with van der Waals surface area (Å²) in [6, 6.07) is 6.52. The van der Waals surface area contributed by atoms with Gasteiger partial charge in [0.1, 0.15) is 0 Å². The van der Waals surface area contributed by atoms with Crippen molar-refractivity contribution in [1.29, 1.82) is 0 Å². The summed E-state index contributed by atoms with van der Waals surface area (Å²) >= 11 is 0. The van der Waals surface area contributed by atoms with Crippen LogP contribution in [0.4, 0.5) is 0 Å². The monoisotopic (exact) mass is 217 g/mol. The molecule has 2 rings (SSSR count). The summed E-state index contributed by atoms with van der Waals surface area (Å²) in [5.41, 5.74) is -0.0609. The van der Waals surface area contributed by atoms with Crippen LogP contribution in [0.3, 0.4) is 0 Å². The Labute approximate surface area is 90.0 Å². The van der Waals surface area contributed by atoms with Gasteiger partial charge in [-0.3, -0.25) is 4.98 Å². The lowest BCUT2D eigenvalue weighted by molar-refractivity contribution is 0.0653. The number of benzene rings is 1. The molecule has 0 fully saturated rings. The van der Waals surface area contributed by atoms with Gasteiger partial charge in [-0.1, -0.05) is 18.2 Å². The fourth-order valence-electron chi connectivity index (χ4n) is 1.53. The second-order valence-corrected chi connectivity index (χ2v) is 3.17. The smallest absolute Gasteiger partial charge is 0.338 e. The number of para-hydroxylation sites is 1. The summed E-state index contributed by atoms with van der Waals surface area (Å²) in [6.45, 7) is 0. The Kier molecular flexibility index (Phi) is 2.28. The van der Waals surface area contributed by atoms with Gasteiger partial charge >= 0.3 is 11.9 Å². The van der Waals surface area contributed by atoms with Gasteiger partial charge in [-0.2, -0.15) is 0 Å². The number of aromatic nitrogens is 1. The Morgan fingerprint density at radius 2 is 1.75 bits per heavy atom. The Balaban J connectivity index is 2.90. The van der Waals surface area contributed by atoms with Gasteiger partial charge in [-0.25, -0.2) is 9.59 Å². The van der Waals surface area contributed by atoms with Crippen LogP contribution in [0.25, 0.3) is 10.9 Å². The molecule has 2 N–H and O–H groups in total. The fourth-order valence-corrected chi connectivity index (χ4v) is 1.53. The number of aromatic carboxylic acids is 2. The van der Waals surface area contributed by atoms with Crippen molar-refractivity contribution in [1.82, 2.24) is 4.98 Å². The van der Waals surface area contributed by atoms with Gasteiger partial charge in [0, 0.05) is 11.6 Å². The number of pyridine rings is 1. The molecule has 0 radical (unpaired) electrons. The molecule has 2 aromatic rings. The average molecular weight is 217 g/mol. The summed E-state index contributed by atoms with van der Waals surface area (Å²) in [4.78, 5) is 25.8. The second-order valence-electron chi connectivity index (χ2n) is 3.17. The zero-order valence-corrected chi connectivity index (χ0v) is 8.04. The molecule has 0 atom stereocenters. The Morgan fingerprint density at radius 1 is 1.06 bits per heavy atom. The number of rotatable bonds is 2. The number of nitrogens with zero attached hydrogens (tertiary/aromatic N) is 1. The molecule has 5 nitrogen and oxygen atoms in total. The summed E-state index contributed by atoms with van der Waals surface area (Å²) in [5.74, 6) is -2.56. The van der Waals surface area contributed by atoms with Crippen molar-refractivity contribution in [2.75, 3.05) is 0 Å². The minimum Gasteiger partial charge on any atom is -0.478 e. The van der Waals surface area contributed by atoms with E-state index in [1.807, 2.05) is 0 Å². The molecule has 5 heteroatoms. The third-order valence-electron chi connectivity index (χ3n) is 2.22. The minimum absolute atomic E-state index is 0.224. The van der Waals surface area contributed by atoms with Crippen LogP contribution in [0.2, 0.25) is 0 Å². The van der Waals surface area contributed by atoms with Gasteiger partial charge in [0.05, 0.1) is 16.6 Å². The SMILES string of the molecule is O=C(O)c1cnc2ccccc2c1C(=O)O. The lowest BCUT2D eigenvalue weighted by Gasteiger charge is -2.04. The minimum atomic E-state index is -1.30. The van der Waals surface area contributed by atoms with Crippen LogP contribution in [-0.2, 0) is 0 Å². The molecule has 1 heterocycles. The molecule has 0 aliphatic heterocycles. The Morgan fingerprint density at radius 3 is 2.38 bits per heavy atom. The molecule has 1 aromatic carbocycles. The van der Waals surface area contributed by atoms with E-state index in [1.165, 1.54) is 6.07 Å². The molecule has 0 saturated carbocycles. The summed E-state index contributed by atoms with van der Waals surface area (Å²) < 4.78 is 0. The highest BCUT2D eigenvalue weighted by molar-refractivity contribution is 6.10. The first-order valence-electron chi connectivity index (χ1n) is 4.45. The van der Waals surface area contributed by atoms with Crippen LogP contribution in [0.1, 0.15) is 20.7 Å². The van der Waals surface area contributed by atoms with Crippen molar-refractivity contribution in [2.24, 2.45) is 0 Å². The number of fused-ring (bicyclic) bond motifs is 1. The molecule has 0 saturated heterocycles. The van der Waals surface area contributed by atoms with Crippen molar-refractivity contribution in [3.05, 3.63) is 41.6 Å². The van der Waals surface area contributed by atoms with E-state index >= 15 is 0 Å². The first-order valence-corrected chi connectivity index (χ1v) is 4.45. The number of carboxylic acid groups (broad SMARTS) is 2. The molecule has 80 valence electrons. The van der Waals surface area contributed by atoms with E-state index in [4.69, 9.17) is 10.2 Å². The van der Waals surface area contributed by atoms with Crippen LogP contribution in [0.5, 0.6) is 0 Å². The molecule has 1 aromatic heterocycles. The van der Waals surface area contributed by atoms with Crippen LogP contribution in [0.15, 0.2) is 30.5 Å². The maximum Gasteiger partial charge on any atom is 0.338 e. The predicted octanol–water partition coefficient (Wildman–Crippen LogP) is 1.63. The third-order valence-corrected chi connectivity index (χ3v) is 2.22. The maximum absolute atomic E-state index is 11.0. The van der Waals surface area contributed by atoms with Crippen LogP contribution < -0.4 is 0 Å². The number of carbonyl (C=O) groups is 2. The van der Waals surface area contributed by atoms with E-state index in [0.717, 1.165) is 6.20 Å². The van der Waals surface area contributed by atoms with Gasteiger partial charge in [0.15, 0.2) is 0 Å². The van der Waals surface area contributed by atoms with Gasteiger partial charge in [0.25, 0.3) is 0 Å². The zero-order valence-electron chi connectivity index (χ0n) is 8.04. The molecular formula is C11H7NO4. The lowest BCUT2D eigenvalue weighted by atomic mass is 10.0. The first-order chi connectivity index (χ1) is 7.61. The first kappa shape index (κ1) is 10.1. The standard InChI is InChI=1S/C11H7NO4/c13-10(14)7-5-12-8-4-2-1-3-6(8)9(7)11(15)16/h1-5H,(H,13,14)(H,15,16). The largest absolute Gasteiger partial charge is 0.478 e. The van der Waals surface area contributed by atoms with E-state index < -0.39 is 11.9 Å². The zero-order chi connectivity index (χ0) is 11.7. The quantitative estimate of drug-likeness (QED) is 0.798. The molecular weight excluding hydrogens is 210 g/mol. The average Bonchev–Trinajstić information content (AvgIpc) is 2.27. The third kappa shape index (κ3) is 1.48.